The molecule has 0 N–H and O–H groups in total. The van der Waals surface area contributed by atoms with E-state index in [1.807, 2.05) is 17.5 Å². The van der Waals surface area contributed by atoms with E-state index in [0.717, 1.165) is 50.5 Å². The summed E-state index contributed by atoms with van der Waals surface area (Å²) in [6.45, 7) is 4.77. The maximum absolute atomic E-state index is 13.1. The maximum atomic E-state index is 13.1. The molecule has 30 heavy (non-hydrogen) atoms. The van der Waals surface area contributed by atoms with Crippen molar-refractivity contribution in [2.24, 2.45) is 5.92 Å². The average Bonchev–Trinajstić information content (AvgIpc) is 3.54. The largest absolute Gasteiger partial charge is 0.376 e. The number of ether oxygens (including phenoxy) is 1. The van der Waals surface area contributed by atoms with Crippen LogP contribution in [0.5, 0.6) is 0 Å². The molecule has 0 saturated carbocycles. The highest BCUT2D eigenvalue weighted by molar-refractivity contribution is 7.12. The molecule has 3 heterocycles. The Bertz CT molecular complexity index is 814. The second-order valence-electron chi connectivity index (χ2n) is 9.13. The van der Waals surface area contributed by atoms with Gasteiger partial charge in [-0.1, -0.05) is 30.3 Å². The summed E-state index contributed by atoms with van der Waals surface area (Å²) < 4.78 is 5.86. The fourth-order valence-electron chi connectivity index (χ4n) is 5.44. The van der Waals surface area contributed by atoms with Crippen LogP contribution < -0.4 is 0 Å². The van der Waals surface area contributed by atoms with Crippen LogP contribution in [0, 0.1) is 5.92 Å². The zero-order valence-corrected chi connectivity index (χ0v) is 18.5. The lowest BCUT2D eigenvalue weighted by molar-refractivity contribution is 0.0433. The van der Waals surface area contributed by atoms with Gasteiger partial charge in [0.05, 0.1) is 11.0 Å². The van der Waals surface area contributed by atoms with Crippen LogP contribution in [0.25, 0.3) is 0 Å². The van der Waals surface area contributed by atoms with Crippen LogP contribution in [0.4, 0.5) is 0 Å². The Kier molecular flexibility index (Phi) is 6.21. The fraction of sp³-hybridized carbons (Fsp3) is 0.560. The van der Waals surface area contributed by atoms with Crippen molar-refractivity contribution < 1.29 is 9.53 Å². The second kappa shape index (κ2) is 9.21. The van der Waals surface area contributed by atoms with Crippen LogP contribution in [-0.2, 0) is 17.6 Å². The summed E-state index contributed by atoms with van der Waals surface area (Å²) in [4.78, 5) is 18.8. The van der Waals surface area contributed by atoms with Gasteiger partial charge in [-0.3, -0.25) is 9.69 Å². The number of nitrogens with zero attached hydrogens (tertiary/aromatic N) is 2. The molecular weight excluding hydrogens is 392 g/mol. The Morgan fingerprint density at radius 3 is 2.43 bits per heavy atom. The first-order chi connectivity index (χ1) is 14.8. The van der Waals surface area contributed by atoms with Gasteiger partial charge >= 0.3 is 0 Å². The highest BCUT2D eigenvalue weighted by Gasteiger charge is 2.32. The van der Waals surface area contributed by atoms with Crippen molar-refractivity contribution in [1.82, 2.24) is 9.80 Å². The van der Waals surface area contributed by atoms with Gasteiger partial charge in [0.1, 0.15) is 0 Å². The predicted molar refractivity (Wildman–Crippen MR) is 121 cm³/mol. The molecule has 0 unspecified atom stereocenters. The maximum Gasteiger partial charge on any atom is 0.264 e. The molecule has 160 valence electrons. The summed E-state index contributed by atoms with van der Waals surface area (Å²) in [5.41, 5.74) is 3.07. The Morgan fingerprint density at radius 2 is 1.80 bits per heavy atom. The molecular formula is C25H32N2O2S. The fourth-order valence-corrected chi connectivity index (χ4v) is 6.13. The minimum absolute atomic E-state index is 0.189. The molecule has 1 aliphatic carbocycles. The van der Waals surface area contributed by atoms with Crippen molar-refractivity contribution in [3.63, 3.8) is 0 Å². The third-order valence-electron chi connectivity index (χ3n) is 7.14. The number of hydrogen-bond acceptors (Lipinski definition) is 4. The van der Waals surface area contributed by atoms with E-state index in [-0.39, 0.29) is 12.0 Å². The monoisotopic (exact) mass is 424 g/mol. The number of piperidine rings is 1. The van der Waals surface area contributed by atoms with Crippen molar-refractivity contribution in [2.75, 3.05) is 32.8 Å². The van der Waals surface area contributed by atoms with Gasteiger partial charge < -0.3 is 9.64 Å². The lowest BCUT2D eigenvalue weighted by Crippen LogP contribution is -2.46. The normalized spacial score (nSPS) is 23.0. The number of hydrogen-bond donors (Lipinski definition) is 0. The van der Waals surface area contributed by atoms with Gasteiger partial charge in [-0.2, -0.15) is 0 Å². The van der Waals surface area contributed by atoms with Gasteiger partial charge in [-0.15, -0.1) is 11.3 Å². The topological polar surface area (TPSA) is 32.8 Å². The van der Waals surface area contributed by atoms with E-state index >= 15 is 0 Å². The summed E-state index contributed by atoms with van der Waals surface area (Å²) in [6.07, 6.45) is 7.18. The van der Waals surface area contributed by atoms with Crippen LogP contribution in [0.1, 0.15) is 46.5 Å². The second-order valence-corrected chi connectivity index (χ2v) is 10.1. The number of fused-ring (bicyclic) bond motifs is 1. The van der Waals surface area contributed by atoms with Crippen LogP contribution in [0.15, 0.2) is 41.8 Å². The van der Waals surface area contributed by atoms with E-state index in [0.29, 0.717) is 12.0 Å². The Labute approximate surface area is 183 Å². The van der Waals surface area contributed by atoms with Crippen LogP contribution >= 0.6 is 11.3 Å². The van der Waals surface area contributed by atoms with E-state index in [4.69, 9.17) is 4.74 Å². The molecule has 0 bridgehead atoms. The summed E-state index contributed by atoms with van der Waals surface area (Å²) in [6, 6.07) is 13.5. The van der Waals surface area contributed by atoms with E-state index in [1.54, 1.807) is 11.3 Å². The van der Waals surface area contributed by atoms with Crippen LogP contribution in [0.3, 0.4) is 0 Å². The molecule has 2 aliphatic heterocycles. The van der Waals surface area contributed by atoms with E-state index in [2.05, 4.69) is 34.1 Å². The Morgan fingerprint density at radius 1 is 1.03 bits per heavy atom. The van der Waals surface area contributed by atoms with Gasteiger partial charge in [-0.25, -0.2) is 0 Å². The highest BCUT2D eigenvalue weighted by atomic mass is 32.1. The zero-order chi connectivity index (χ0) is 20.3. The van der Waals surface area contributed by atoms with Gasteiger partial charge in [0.2, 0.25) is 0 Å². The van der Waals surface area contributed by atoms with Crippen LogP contribution in [-0.4, -0.2) is 60.6 Å². The minimum atomic E-state index is 0.189. The zero-order valence-electron chi connectivity index (χ0n) is 17.7. The standard InChI is InChI=1S/C25H32N2O2S/c28-25(24-8-4-14-30-24)27(18-23-7-3-13-29-23)17-19-9-11-26(12-10-19)22-15-20-5-1-2-6-21(20)16-22/h1-2,4-6,8,14,19,22-23H,3,7,9-13,15-18H2/t23-/m0/s1. The van der Waals surface area contributed by atoms with E-state index in [1.165, 1.54) is 36.8 Å². The first kappa shape index (κ1) is 20.2. The molecule has 1 aromatic heterocycles. The number of carbonyl (C=O) groups is 1. The van der Waals surface area contributed by atoms with Gasteiger partial charge in [-0.05, 0) is 80.1 Å². The number of carbonyl (C=O) groups excluding carboxylic acids is 1. The van der Waals surface area contributed by atoms with E-state index < -0.39 is 0 Å². The van der Waals surface area contributed by atoms with Crippen molar-refractivity contribution in [1.29, 1.82) is 0 Å². The number of rotatable bonds is 6. The van der Waals surface area contributed by atoms with Gasteiger partial charge in [0.25, 0.3) is 5.91 Å². The van der Waals surface area contributed by atoms with Crippen molar-refractivity contribution in [3.05, 3.63) is 57.8 Å². The number of amides is 1. The highest BCUT2D eigenvalue weighted by Crippen LogP contribution is 2.29. The van der Waals surface area contributed by atoms with Crippen molar-refractivity contribution in [2.45, 2.75) is 50.7 Å². The molecule has 2 aromatic rings. The Balaban J connectivity index is 1.17. The molecule has 2 saturated heterocycles. The molecule has 5 rings (SSSR count). The smallest absolute Gasteiger partial charge is 0.264 e. The molecule has 5 heteroatoms. The predicted octanol–water partition coefficient (Wildman–Crippen LogP) is 4.25. The quantitative estimate of drug-likeness (QED) is 0.695. The molecule has 4 nitrogen and oxygen atoms in total. The number of benzene rings is 1. The summed E-state index contributed by atoms with van der Waals surface area (Å²) >= 11 is 1.55. The van der Waals surface area contributed by atoms with E-state index in [9.17, 15) is 4.79 Å². The summed E-state index contributed by atoms with van der Waals surface area (Å²) in [5, 5.41) is 2.00. The molecule has 3 aliphatic rings. The SMILES string of the molecule is O=C(c1cccs1)N(CC1CCN(C2Cc3ccccc3C2)CC1)C[C@@H]1CCCO1. The van der Waals surface area contributed by atoms with Crippen molar-refractivity contribution >= 4 is 17.2 Å². The molecule has 0 radical (unpaired) electrons. The molecule has 2 fully saturated rings. The van der Waals surface area contributed by atoms with Gasteiger partial charge in [0, 0.05) is 25.7 Å². The molecule has 1 atom stereocenters. The molecule has 0 spiro atoms. The first-order valence-corrected chi connectivity index (χ1v) is 12.4. The lowest BCUT2D eigenvalue weighted by atomic mass is 9.94. The molecule has 1 aromatic carbocycles. The van der Waals surface area contributed by atoms with Gasteiger partial charge in [0.15, 0.2) is 0 Å². The average molecular weight is 425 g/mol. The first-order valence-electron chi connectivity index (χ1n) is 11.5. The third-order valence-corrected chi connectivity index (χ3v) is 8.00. The number of thiophene rings is 1. The minimum Gasteiger partial charge on any atom is -0.376 e. The van der Waals surface area contributed by atoms with Crippen LogP contribution in [0.2, 0.25) is 0 Å². The summed E-state index contributed by atoms with van der Waals surface area (Å²) in [5.74, 6) is 0.782. The lowest BCUT2D eigenvalue weighted by Gasteiger charge is -2.38. The van der Waals surface area contributed by atoms with Crippen molar-refractivity contribution in [3.8, 4) is 0 Å². The summed E-state index contributed by atoms with van der Waals surface area (Å²) in [7, 11) is 0. The Hall–Kier alpha value is -1.69. The molecule has 1 amide bonds. The number of likely N-dealkylation sites (tertiary alicyclic amines) is 1. The third kappa shape index (κ3) is 4.48.